The van der Waals surface area contributed by atoms with E-state index < -0.39 is 0 Å². The van der Waals surface area contributed by atoms with Gasteiger partial charge in [0, 0.05) is 6.04 Å². The van der Waals surface area contributed by atoms with Crippen LogP contribution in [0.2, 0.25) is 0 Å². The molecule has 0 aromatic heterocycles. The minimum atomic E-state index is -0.0965. The molecular formula is C18H28N2O. The van der Waals surface area contributed by atoms with Gasteiger partial charge in [0.25, 0.3) is 0 Å². The van der Waals surface area contributed by atoms with Gasteiger partial charge in [0.2, 0.25) is 5.91 Å². The fourth-order valence-corrected chi connectivity index (χ4v) is 3.30. The third-order valence-electron chi connectivity index (χ3n) is 4.53. The van der Waals surface area contributed by atoms with E-state index in [1.54, 1.807) is 0 Å². The van der Waals surface area contributed by atoms with Gasteiger partial charge in [0.15, 0.2) is 0 Å². The van der Waals surface area contributed by atoms with Crippen molar-refractivity contribution in [1.29, 1.82) is 0 Å². The van der Waals surface area contributed by atoms with Crippen molar-refractivity contribution < 1.29 is 4.79 Å². The molecule has 1 saturated heterocycles. The molecule has 1 fully saturated rings. The van der Waals surface area contributed by atoms with Crippen LogP contribution in [0.1, 0.15) is 62.9 Å². The Morgan fingerprint density at radius 1 is 1.29 bits per heavy atom. The molecule has 3 unspecified atom stereocenters. The summed E-state index contributed by atoms with van der Waals surface area (Å²) in [6.45, 7) is 10.6. The predicted octanol–water partition coefficient (Wildman–Crippen LogP) is 3.70. The highest BCUT2D eigenvalue weighted by molar-refractivity contribution is 5.84. The predicted molar refractivity (Wildman–Crippen MR) is 87.1 cm³/mol. The average molecular weight is 288 g/mol. The van der Waals surface area contributed by atoms with Crippen molar-refractivity contribution in [1.82, 2.24) is 10.2 Å². The van der Waals surface area contributed by atoms with Crippen LogP contribution in [-0.4, -0.2) is 22.9 Å². The molecule has 0 aliphatic carbocycles. The molecule has 0 radical (unpaired) electrons. The second-order valence-electron chi connectivity index (χ2n) is 6.25. The second kappa shape index (κ2) is 6.61. The Hall–Kier alpha value is -1.35. The summed E-state index contributed by atoms with van der Waals surface area (Å²) in [6.07, 6.45) is 3.20. The van der Waals surface area contributed by atoms with Crippen LogP contribution in [-0.2, 0) is 4.79 Å². The van der Waals surface area contributed by atoms with E-state index in [0.29, 0.717) is 6.04 Å². The Kier molecular flexibility index (Phi) is 5.04. The summed E-state index contributed by atoms with van der Waals surface area (Å²) in [6, 6.07) is 6.72. The molecule has 21 heavy (non-hydrogen) atoms. The molecule has 0 saturated carbocycles. The first-order chi connectivity index (χ1) is 9.99. The minimum absolute atomic E-state index is 0.0175. The van der Waals surface area contributed by atoms with E-state index in [0.717, 1.165) is 19.3 Å². The summed E-state index contributed by atoms with van der Waals surface area (Å²) in [4.78, 5) is 14.7. The fraction of sp³-hybridized carbons (Fsp3) is 0.611. The zero-order chi connectivity index (χ0) is 15.6. The normalized spacial score (nSPS) is 23.7. The Morgan fingerprint density at radius 2 is 2.00 bits per heavy atom. The van der Waals surface area contributed by atoms with Gasteiger partial charge >= 0.3 is 0 Å². The van der Waals surface area contributed by atoms with Crippen LogP contribution in [0.4, 0.5) is 0 Å². The van der Waals surface area contributed by atoms with Crippen LogP contribution in [0.3, 0.4) is 0 Å². The van der Waals surface area contributed by atoms with Crippen molar-refractivity contribution in [3.8, 4) is 0 Å². The van der Waals surface area contributed by atoms with E-state index in [2.05, 4.69) is 56.1 Å². The minimum Gasteiger partial charge on any atom is -0.319 e. The molecule has 1 aliphatic heterocycles. The number of nitrogens with one attached hydrogen (secondary N) is 1. The standard InChI is InChI=1S/C18H28N2O/c1-6-8-15(7-2)20-17(19-14(5)18(20)21)16-11-12(3)9-10-13(16)4/h9-11,14-15,17,19H,6-8H2,1-5H3. The molecular weight excluding hydrogens is 260 g/mol. The van der Waals surface area contributed by atoms with E-state index in [9.17, 15) is 4.79 Å². The lowest BCUT2D eigenvalue weighted by molar-refractivity contribution is -0.132. The Bertz CT molecular complexity index is 512. The average Bonchev–Trinajstić information content (AvgIpc) is 2.75. The van der Waals surface area contributed by atoms with E-state index in [4.69, 9.17) is 0 Å². The molecule has 1 aromatic rings. The topological polar surface area (TPSA) is 32.3 Å². The number of hydrogen-bond donors (Lipinski definition) is 1. The molecule has 116 valence electrons. The maximum absolute atomic E-state index is 12.6. The zero-order valence-electron chi connectivity index (χ0n) is 13.9. The summed E-state index contributed by atoms with van der Waals surface area (Å²) in [5.41, 5.74) is 3.73. The maximum Gasteiger partial charge on any atom is 0.241 e. The summed E-state index contributed by atoms with van der Waals surface area (Å²) in [7, 11) is 0. The van der Waals surface area contributed by atoms with Crippen LogP contribution in [0, 0.1) is 13.8 Å². The van der Waals surface area contributed by atoms with Crippen LogP contribution < -0.4 is 5.32 Å². The molecule has 2 rings (SSSR count). The molecule has 1 aliphatic rings. The highest BCUT2D eigenvalue weighted by Crippen LogP contribution is 2.32. The van der Waals surface area contributed by atoms with Gasteiger partial charge in [-0.3, -0.25) is 10.1 Å². The van der Waals surface area contributed by atoms with Crippen LogP contribution >= 0.6 is 0 Å². The smallest absolute Gasteiger partial charge is 0.241 e. The van der Waals surface area contributed by atoms with Crippen molar-refractivity contribution >= 4 is 5.91 Å². The number of benzene rings is 1. The first kappa shape index (κ1) is 16.0. The monoisotopic (exact) mass is 288 g/mol. The lowest BCUT2D eigenvalue weighted by Gasteiger charge is -2.33. The third kappa shape index (κ3) is 3.13. The van der Waals surface area contributed by atoms with Gasteiger partial charge in [-0.1, -0.05) is 44.0 Å². The van der Waals surface area contributed by atoms with E-state index in [-0.39, 0.29) is 18.1 Å². The quantitative estimate of drug-likeness (QED) is 0.896. The fourth-order valence-electron chi connectivity index (χ4n) is 3.30. The summed E-state index contributed by atoms with van der Waals surface area (Å²) >= 11 is 0. The summed E-state index contributed by atoms with van der Waals surface area (Å²) < 4.78 is 0. The van der Waals surface area contributed by atoms with E-state index in [1.165, 1.54) is 16.7 Å². The largest absolute Gasteiger partial charge is 0.319 e. The zero-order valence-corrected chi connectivity index (χ0v) is 13.9. The van der Waals surface area contributed by atoms with Crippen molar-refractivity contribution in [2.75, 3.05) is 0 Å². The molecule has 3 atom stereocenters. The first-order valence-electron chi connectivity index (χ1n) is 8.14. The van der Waals surface area contributed by atoms with Gasteiger partial charge in [-0.25, -0.2) is 0 Å². The number of carbonyl (C=O) groups is 1. The van der Waals surface area contributed by atoms with Gasteiger partial charge in [0.1, 0.15) is 6.17 Å². The Balaban J connectivity index is 2.39. The first-order valence-corrected chi connectivity index (χ1v) is 8.14. The van der Waals surface area contributed by atoms with Gasteiger partial charge in [-0.2, -0.15) is 0 Å². The van der Waals surface area contributed by atoms with Crippen molar-refractivity contribution in [3.63, 3.8) is 0 Å². The lowest BCUT2D eigenvalue weighted by Crippen LogP contribution is -2.40. The van der Waals surface area contributed by atoms with Crippen molar-refractivity contribution in [3.05, 3.63) is 34.9 Å². The number of nitrogens with zero attached hydrogens (tertiary/aromatic N) is 1. The molecule has 1 aromatic carbocycles. The van der Waals surface area contributed by atoms with Gasteiger partial charge in [-0.05, 0) is 44.7 Å². The number of aryl methyl sites for hydroxylation is 2. The Morgan fingerprint density at radius 3 is 2.62 bits per heavy atom. The molecule has 0 spiro atoms. The second-order valence-corrected chi connectivity index (χ2v) is 6.25. The number of amides is 1. The number of hydrogen-bond acceptors (Lipinski definition) is 2. The maximum atomic E-state index is 12.6. The number of rotatable bonds is 5. The highest BCUT2D eigenvalue weighted by atomic mass is 16.2. The molecule has 3 heteroatoms. The summed E-state index contributed by atoms with van der Waals surface area (Å²) in [5.74, 6) is 0.237. The molecule has 0 bridgehead atoms. The molecule has 1 heterocycles. The highest BCUT2D eigenvalue weighted by Gasteiger charge is 2.40. The van der Waals surface area contributed by atoms with Crippen LogP contribution in [0.25, 0.3) is 0 Å². The van der Waals surface area contributed by atoms with E-state index >= 15 is 0 Å². The lowest BCUT2D eigenvalue weighted by atomic mass is 10.0. The van der Waals surface area contributed by atoms with Crippen molar-refractivity contribution in [2.45, 2.75) is 72.1 Å². The van der Waals surface area contributed by atoms with Crippen molar-refractivity contribution in [2.24, 2.45) is 0 Å². The molecule has 1 N–H and O–H groups in total. The third-order valence-corrected chi connectivity index (χ3v) is 4.53. The number of carbonyl (C=O) groups excluding carboxylic acids is 1. The van der Waals surface area contributed by atoms with Gasteiger partial charge in [-0.15, -0.1) is 0 Å². The summed E-state index contributed by atoms with van der Waals surface area (Å²) in [5, 5.41) is 3.49. The van der Waals surface area contributed by atoms with Gasteiger partial charge < -0.3 is 4.90 Å². The Labute approximate surface area is 128 Å². The van der Waals surface area contributed by atoms with Crippen LogP contribution in [0.5, 0.6) is 0 Å². The molecule has 1 amide bonds. The van der Waals surface area contributed by atoms with E-state index in [1.807, 2.05) is 6.92 Å². The SMILES string of the molecule is CCCC(CC)N1C(=O)C(C)NC1c1cc(C)ccc1C. The molecule has 3 nitrogen and oxygen atoms in total. The van der Waals surface area contributed by atoms with Gasteiger partial charge in [0.05, 0.1) is 6.04 Å². The van der Waals surface area contributed by atoms with Crippen LogP contribution in [0.15, 0.2) is 18.2 Å².